The molecule has 0 unspecified atom stereocenters. The lowest BCUT2D eigenvalue weighted by molar-refractivity contribution is -0.0127. The predicted octanol–water partition coefficient (Wildman–Crippen LogP) is 3.65. The molecule has 4 saturated carbocycles. The molecule has 4 aliphatic carbocycles. The first-order valence-corrected chi connectivity index (χ1v) is 8.24. The molecule has 0 radical (unpaired) electrons. The van der Waals surface area contributed by atoms with Crippen molar-refractivity contribution in [1.29, 1.82) is 5.26 Å². The van der Waals surface area contributed by atoms with E-state index in [-0.39, 0.29) is 11.6 Å². The van der Waals surface area contributed by atoms with E-state index in [2.05, 4.69) is 16.7 Å². The first kappa shape index (κ1) is 13.6. The van der Waals surface area contributed by atoms with Gasteiger partial charge in [0.15, 0.2) is 0 Å². The number of hydrogen-bond acceptors (Lipinski definition) is 2. The first-order valence-electron chi connectivity index (χ1n) is 8.24. The summed E-state index contributed by atoms with van der Waals surface area (Å²) in [5.74, 6) is 2.41. The molecule has 0 aromatic heterocycles. The number of nitrogens with one attached hydrogen (secondary N) is 2. The monoisotopic (exact) mass is 295 g/mol. The standard InChI is InChI=1S/C18H21N3O/c19-11-15-3-1-2-4-16(15)20-17(22)21-18-8-12-5-13(9-18)7-14(6-12)10-18/h1-4,12-14H,5-10H2,(H2,20,21,22). The van der Waals surface area contributed by atoms with E-state index >= 15 is 0 Å². The lowest BCUT2D eigenvalue weighted by Gasteiger charge is -2.56. The number of carbonyl (C=O) groups excluding carboxylic acids is 1. The van der Waals surface area contributed by atoms with Crippen molar-refractivity contribution in [3.05, 3.63) is 29.8 Å². The minimum absolute atomic E-state index is 0.000417. The van der Waals surface area contributed by atoms with Gasteiger partial charge in [0.1, 0.15) is 6.07 Å². The van der Waals surface area contributed by atoms with Crippen LogP contribution >= 0.6 is 0 Å². The van der Waals surface area contributed by atoms with E-state index in [9.17, 15) is 4.79 Å². The summed E-state index contributed by atoms with van der Waals surface area (Å²) in [4.78, 5) is 12.4. The van der Waals surface area contributed by atoms with E-state index < -0.39 is 0 Å². The van der Waals surface area contributed by atoms with Crippen LogP contribution in [0.1, 0.15) is 44.1 Å². The number of rotatable bonds is 2. The molecule has 4 aliphatic rings. The summed E-state index contributed by atoms with van der Waals surface area (Å²) in [6, 6.07) is 9.09. The second-order valence-corrected chi connectivity index (χ2v) is 7.43. The van der Waals surface area contributed by atoms with Gasteiger partial charge in [0.2, 0.25) is 0 Å². The number of benzene rings is 1. The van der Waals surface area contributed by atoms with Crippen LogP contribution in [0.3, 0.4) is 0 Å². The summed E-state index contributed by atoms with van der Waals surface area (Å²) in [6.07, 6.45) is 7.48. The maximum Gasteiger partial charge on any atom is 0.319 e. The van der Waals surface area contributed by atoms with Gasteiger partial charge in [-0.1, -0.05) is 12.1 Å². The molecule has 0 heterocycles. The number of nitrogens with zero attached hydrogens (tertiary/aromatic N) is 1. The van der Waals surface area contributed by atoms with Crippen LogP contribution in [0.5, 0.6) is 0 Å². The van der Waals surface area contributed by atoms with Gasteiger partial charge < -0.3 is 10.6 Å². The zero-order valence-electron chi connectivity index (χ0n) is 12.6. The Morgan fingerprint density at radius 1 is 1.09 bits per heavy atom. The van der Waals surface area contributed by atoms with Crippen LogP contribution in [0.4, 0.5) is 10.5 Å². The molecule has 0 atom stereocenters. The molecule has 0 saturated heterocycles. The molecule has 4 fully saturated rings. The maximum atomic E-state index is 12.4. The number of hydrogen-bond donors (Lipinski definition) is 2. The first-order chi connectivity index (χ1) is 10.7. The third-order valence-corrected chi connectivity index (χ3v) is 5.71. The molecule has 2 N–H and O–H groups in total. The maximum absolute atomic E-state index is 12.4. The van der Waals surface area contributed by atoms with Crippen LogP contribution in [0, 0.1) is 29.1 Å². The average Bonchev–Trinajstić information content (AvgIpc) is 2.45. The fourth-order valence-electron chi connectivity index (χ4n) is 5.35. The Kier molecular flexibility index (Phi) is 3.11. The van der Waals surface area contributed by atoms with Crippen LogP contribution in [0.2, 0.25) is 0 Å². The number of amides is 2. The van der Waals surface area contributed by atoms with Crippen molar-refractivity contribution in [3.63, 3.8) is 0 Å². The lowest BCUT2D eigenvalue weighted by Crippen LogP contribution is -2.60. The van der Waals surface area contributed by atoms with Crippen molar-refractivity contribution in [3.8, 4) is 6.07 Å². The zero-order valence-corrected chi connectivity index (χ0v) is 12.6. The second kappa shape index (κ2) is 5.01. The molecule has 4 heteroatoms. The van der Waals surface area contributed by atoms with Gasteiger partial charge in [0.25, 0.3) is 0 Å². The third-order valence-electron chi connectivity index (χ3n) is 5.71. The predicted molar refractivity (Wildman–Crippen MR) is 84.2 cm³/mol. The van der Waals surface area contributed by atoms with E-state index in [4.69, 9.17) is 5.26 Å². The van der Waals surface area contributed by atoms with Crippen LogP contribution in [0.25, 0.3) is 0 Å². The molecule has 5 rings (SSSR count). The van der Waals surface area contributed by atoms with Gasteiger partial charge >= 0.3 is 6.03 Å². The van der Waals surface area contributed by atoms with Gasteiger partial charge in [-0.15, -0.1) is 0 Å². The van der Waals surface area contributed by atoms with Crippen LogP contribution < -0.4 is 10.6 Å². The SMILES string of the molecule is N#Cc1ccccc1NC(=O)NC12CC3CC(CC(C3)C1)C2. The quantitative estimate of drug-likeness (QED) is 0.874. The van der Waals surface area contributed by atoms with Crippen molar-refractivity contribution in [2.75, 3.05) is 5.32 Å². The van der Waals surface area contributed by atoms with Gasteiger partial charge in [0, 0.05) is 5.54 Å². The Hall–Kier alpha value is -2.02. The third kappa shape index (κ3) is 2.35. The topological polar surface area (TPSA) is 64.9 Å². The molecule has 2 amide bonds. The van der Waals surface area contributed by atoms with Crippen molar-refractivity contribution in [2.24, 2.45) is 17.8 Å². The molecule has 4 bridgehead atoms. The molecule has 114 valence electrons. The molecule has 0 aliphatic heterocycles. The summed E-state index contributed by atoms with van der Waals surface area (Å²) in [6.45, 7) is 0. The lowest BCUT2D eigenvalue weighted by atomic mass is 9.53. The van der Waals surface area contributed by atoms with Gasteiger partial charge in [-0.25, -0.2) is 4.79 Å². The second-order valence-electron chi connectivity index (χ2n) is 7.43. The van der Waals surface area contributed by atoms with Gasteiger partial charge in [0.05, 0.1) is 11.3 Å². The molecule has 4 nitrogen and oxygen atoms in total. The Bertz CT molecular complexity index is 611. The zero-order chi connectivity index (χ0) is 15.2. The summed E-state index contributed by atoms with van der Waals surface area (Å²) >= 11 is 0. The van der Waals surface area contributed by atoms with Crippen LogP contribution in [0.15, 0.2) is 24.3 Å². The number of anilines is 1. The number of urea groups is 1. The van der Waals surface area contributed by atoms with Crippen LogP contribution in [-0.4, -0.2) is 11.6 Å². The Labute approximate surface area is 130 Å². The van der Waals surface area contributed by atoms with Crippen molar-refractivity contribution >= 4 is 11.7 Å². The molecule has 22 heavy (non-hydrogen) atoms. The normalized spacial score (nSPS) is 35.0. The molecular weight excluding hydrogens is 274 g/mol. The molecule has 1 aromatic rings. The van der Waals surface area contributed by atoms with E-state index in [0.717, 1.165) is 37.0 Å². The highest BCUT2D eigenvalue weighted by Crippen LogP contribution is 2.55. The number of carbonyl (C=O) groups is 1. The summed E-state index contributed by atoms with van der Waals surface area (Å²) in [5.41, 5.74) is 1.09. The fourth-order valence-corrected chi connectivity index (χ4v) is 5.35. The number of nitriles is 1. The minimum atomic E-state index is -0.162. The largest absolute Gasteiger partial charge is 0.332 e. The van der Waals surface area contributed by atoms with Crippen molar-refractivity contribution < 1.29 is 4.79 Å². The van der Waals surface area contributed by atoms with E-state index in [1.54, 1.807) is 18.2 Å². The smallest absolute Gasteiger partial charge is 0.319 e. The van der Waals surface area contributed by atoms with E-state index in [0.29, 0.717) is 11.3 Å². The Morgan fingerprint density at radius 3 is 2.27 bits per heavy atom. The molecular formula is C18H21N3O. The van der Waals surface area contributed by atoms with Gasteiger partial charge in [-0.3, -0.25) is 0 Å². The van der Waals surface area contributed by atoms with Crippen molar-refractivity contribution in [2.45, 2.75) is 44.1 Å². The molecule has 0 spiro atoms. The summed E-state index contributed by atoms with van der Waals surface area (Å²) in [5, 5.41) is 15.2. The average molecular weight is 295 g/mol. The van der Waals surface area contributed by atoms with E-state index in [1.165, 1.54) is 19.3 Å². The highest BCUT2D eigenvalue weighted by atomic mass is 16.2. The Balaban J connectivity index is 1.47. The summed E-state index contributed by atoms with van der Waals surface area (Å²) < 4.78 is 0. The number of para-hydroxylation sites is 1. The fraction of sp³-hybridized carbons (Fsp3) is 0.556. The van der Waals surface area contributed by atoms with Crippen molar-refractivity contribution in [1.82, 2.24) is 5.32 Å². The van der Waals surface area contributed by atoms with Crippen LogP contribution in [-0.2, 0) is 0 Å². The van der Waals surface area contributed by atoms with E-state index in [1.807, 2.05) is 6.07 Å². The van der Waals surface area contributed by atoms with Gasteiger partial charge in [-0.05, 0) is 68.4 Å². The highest BCUT2D eigenvalue weighted by Gasteiger charge is 2.51. The summed E-state index contributed by atoms with van der Waals surface area (Å²) in [7, 11) is 0. The van der Waals surface area contributed by atoms with Gasteiger partial charge in [-0.2, -0.15) is 5.26 Å². The Morgan fingerprint density at radius 2 is 1.68 bits per heavy atom. The molecule has 1 aromatic carbocycles. The highest BCUT2D eigenvalue weighted by molar-refractivity contribution is 5.91. The minimum Gasteiger partial charge on any atom is -0.332 e.